The number of rotatable bonds is 6. The van der Waals surface area contributed by atoms with Crippen LogP contribution in [0.2, 0.25) is 0 Å². The zero-order valence-electron chi connectivity index (χ0n) is 13.1. The fraction of sp³-hybridized carbons (Fsp3) is 0.462. The second-order valence-corrected chi connectivity index (χ2v) is 5.38. The minimum absolute atomic E-state index is 0.134. The Morgan fingerprint density at radius 2 is 2.15 bits per heavy atom. The molecular formula is C13H15N5O8. The minimum Gasteiger partial charge on any atom is -0.456 e. The molecule has 140 valence electrons. The highest BCUT2D eigenvalue weighted by Gasteiger charge is 2.44. The summed E-state index contributed by atoms with van der Waals surface area (Å²) in [5, 5.41) is 47.2. The van der Waals surface area contributed by atoms with Gasteiger partial charge in [0.05, 0.1) is 12.7 Å². The van der Waals surface area contributed by atoms with Crippen molar-refractivity contribution in [3.8, 4) is 6.01 Å². The van der Waals surface area contributed by atoms with Crippen molar-refractivity contribution >= 4 is 5.88 Å². The Kier molecular flexibility index (Phi) is 4.94. The molecule has 0 saturated carbocycles. The first-order valence-corrected chi connectivity index (χ1v) is 7.39. The molecule has 3 heterocycles. The fourth-order valence-electron chi connectivity index (χ4n) is 2.41. The van der Waals surface area contributed by atoms with E-state index in [4.69, 9.17) is 24.4 Å². The number of nitro groups is 1. The number of nitrogens with zero attached hydrogens (tertiary/aromatic N) is 4. The maximum Gasteiger partial charge on any atom is 0.433 e. The van der Waals surface area contributed by atoms with E-state index >= 15 is 0 Å². The molecule has 13 heteroatoms. The van der Waals surface area contributed by atoms with Crippen LogP contribution in [0.5, 0.6) is 6.01 Å². The molecule has 3 rings (SSSR count). The molecule has 0 aliphatic carbocycles. The lowest BCUT2D eigenvalue weighted by Crippen LogP contribution is -2.33. The van der Waals surface area contributed by atoms with Gasteiger partial charge in [0, 0.05) is 0 Å². The molecule has 0 spiro atoms. The Hall–Kier alpha value is -2.87. The van der Waals surface area contributed by atoms with E-state index in [0.717, 1.165) is 17.0 Å². The zero-order valence-corrected chi connectivity index (χ0v) is 13.1. The molecule has 0 aromatic carbocycles. The highest BCUT2D eigenvalue weighted by Crippen LogP contribution is 2.31. The molecule has 0 radical (unpaired) electrons. The van der Waals surface area contributed by atoms with Gasteiger partial charge < -0.3 is 29.2 Å². The van der Waals surface area contributed by atoms with Crippen molar-refractivity contribution < 1.29 is 34.1 Å². The topological polar surface area (TPSA) is 190 Å². The number of nitrogens with one attached hydrogen (secondary N) is 1. The predicted octanol–water partition coefficient (Wildman–Crippen LogP) is -1.55. The van der Waals surface area contributed by atoms with Gasteiger partial charge in [0.15, 0.2) is 6.23 Å². The predicted molar refractivity (Wildman–Crippen MR) is 78.6 cm³/mol. The lowest BCUT2D eigenvalue weighted by atomic mass is 10.1. The van der Waals surface area contributed by atoms with Crippen molar-refractivity contribution in [1.82, 2.24) is 14.5 Å². The molecule has 2 aromatic rings. The Labute approximate surface area is 144 Å². The van der Waals surface area contributed by atoms with E-state index in [2.05, 4.69) is 9.97 Å². The molecule has 1 fully saturated rings. The van der Waals surface area contributed by atoms with E-state index < -0.39 is 42.0 Å². The van der Waals surface area contributed by atoms with Crippen LogP contribution in [-0.2, 0) is 11.3 Å². The van der Waals surface area contributed by atoms with Gasteiger partial charge in [-0.3, -0.25) is 20.1 Å². The van der Waals surface area contributed by atoms with Crippen molar-refractivity contribution in [3.63, 3.8) is 0 Å². The molecule has 26 heavy (non-hydrogen) atoms. The second kappa shape index (κ2) is 7.17. The quantitative estimate of drug-likeness (QED) is 0.342. The van der Waals surface area contributed by atoms with Crippen LogP contribution in [0.4, 0.5) is 5.88 Å². The van der Waals surface area contributed by atoms with Crippen molar-refractivity contribution in [2.45, 2.75) is 31.1 Å². The van der Waals surface area contributed by atoms with Gasteiger partial charge in [0.1, 0.15) is 41.9 Å². The molecular weight excluding hydrogens is 354 g/mol. The van der Waals surface area contributed by atoms with Crippen LogP contribution in [0.3, 0.4) is 0 Å². The van der Waals surface area contributed by atoms with Crippen molar-refractivity contribution in [2.24, 2.45) is 0 Å². The van der Waals surface area contributed by atoms with Gasteiger partial charge in [-0.05, 0) is 6.07 Å². The number of aliphatic hydroxyl groups is 3. The van der Waals surface area contributed by atoms with Crippen molar-refractivity contribution in [3.05, 3.63) is 40.0 Å². The molecule has 1 aliphatic rings. The van der Waals surface area contributed by atoms with Crippen LogP contribution in [-0.4, -0.2) is 59.7 Å². The van der Waals surface area contributed by atoms with E-state index in [9.17, 15) is 20.3 Å². The van der Waals surface area contributed by atoms with Gasteiger partial charge in [-0.25, -0.2) is 4.98 Å². The monoisotopic (exact) mass is 369 g/mol. The fourth-order valence-corrected chi connectivity index (χ4v) is 2.41. The van der Waals surface area contributed by atoms with Crippen LogP contribution < -0.4 is 10.4 Å². The van der Waals surface area contributed by atoms with Crippen molar-refractivity contribution in [2.75, 3.05) is 6.61 Å². The van der Waals surface area contributed by atoms with E-state index in [1.54, 1.807) is 0 Å². The summed E-state index contributed by atoms with van der Waals surface area (Å²) >= 11 is 0. The SMILES string of the molecule is N=c1ncn(C2OC(CO)C(O)C2O)c(OCc2ccc([N+](=O)[O-])o2)n1. The van der Waals surface area contributed by atoms with E-state index in [-0.39, 0.29) is 24.0 Å². The second-order valence-electron chi connectivity index (χ2n) is 5.38. The van der Waals surface area contributed by atoms with Gasteiger partial charge in [0.2, 0.25) is 5.62 Å². The molecule has 1 saturated heterocycles. The highest BCUT2D eigenvalue weighted by molar-refractivity contribution is 5.17. The highest BCUT2D eigenvalue weighted by atomic mass is 16.7. The molecule has 2 aromatic heterocycles. The summed E-state index contributed by atoms with van der Waals surface area (Å²) in [5.41, 5.74) is -0.381. The smallest absolute Gasteiger partial charge is 0.433 e. The minimum atomic E-state index is -1.40. The van der Waals surface area contributed by atoms with Crippen LogP contribution in [0, 0.1) is 15.5 Å². The number of hydrogen-bond donors (Lipinski definition) is 4. The van der Waals surface area contributed by atoms with E-state index in [1.807, 2.05) is 0 Å². The first-order chi connectivity index (χ1) is 12.4. The van der Waals surface area contributed by atoms with Gasteiger partial charge in [-0.2, -0.15) is 4.98 Å². The third kappa shape index (κ3) is 3.41. The molecule has 0 bridgehead atoms. The van der Waals surface area contributed by atoms with Gasteiger partial charge in [0.25, 0.3) is 0 Å². The third-order valence-electron chi connectivity index (χ3n) is 3.69. The maximum absolute atomic E-state index is 10.6. The van der Waals surface area contributed by atoms with E-state index in [0.29, 0.717) is 0 Å². The maximum atomic E-state index is 10.6. The third-order valence-corrected chi connectivity index (χ3v) is 3.69. The summed E-state index contributed by atoms with van der Waals surface area (Å²) in [7, 11) is 0. The van der Waals surface area contributed by atoms with Crippen LogP contribution >= 0.6 is 0 Å². The standard InChI is InChI=1S/C13H15N5O8/c14-12-15-5-17(11-10(21)9(20)7(3-19)26-11)13(16-12)24-4-6-1-2-8(25-6)18(22)23/h1-2,5,7,9-11,14,19-21H,3-4H2. The van der Waals surface area contributed by atoms with Gasteiger partial charge >= 0.3 is 11.9 Å². The first-order valence-electron chi connectivity index (χ1n) is 7.39. The summed E-state index contributed by atoms with van der Waals surface area (Å²) < 4.78 is 16.9. The van der Waals surface area contributed by atoms with Gasteiger partial charge in [-0.1, -0.05) is 0 Å². The molecule has 4 unspecified atom stereocenters. The first kappa shape index (κ1) is 17.9. The largest absolute Gasteiger partial charge is 0.456 e. The Balaban J connectivity index is 1.82. The summed E-state index contributed by atoms with van der Waals surface area (Å²) in [6.45, 7) is -0.766. The number of aliphatic hydroxyl groups excluding tert-OH is 3. The Bertz CT molecular complexity index is 851. The molecule has 4 atom stereocenters. The summed E-state index contributed by atoms with van der Waals surface area (Å²) in [6, 6.07) is 2.31. The Morgan fingerprint density at radius 1 is 1.38 bits per heavy atom. The molecule has 4 N–H and O–H groups in total. The number of furan rings is 1. The number of aromatic nitrogens is 3. The van der Waals surface area contributed by atoms with Crippen LogP contribution in [0.25, 0.3) is 0 Å². The number of hydrogen-bond acceptors (Lipinski definition) is 11. The summed E-state index contributed by atoms with van der Waals surface area (Å²) in [5.74, 6) is -0.321. The average Bonchev–Trinajstić information content (AvgIpc) is 3.20. The average molecular weight is 369 g/mol. The Morgan fingerprint density at radius 3 is 2.77 bits per heavy atom. The molecule has 1 aliphatic heterocycles. The normalized spacial score (nSPS) is 25.3. The van der Waals surface area contributed by atoms with Gasteiger partial charge in [-0.15, -0.1) is 0 Å². The van der Waals surface area contributed by atoms with Crippen LogP contribution in [0.15, 0.2) is 22.9 Å². The lowest BCUT2D eigenvalue weighted by Gasteiger charge is -2.20. The van der Waals surface area contributed by atoms with Crippen LogP contribution in [0.1, 0.15) is 12.0 Å². The summed E-state index contributed by atoms with van der Waals surface area (Å²) in [6.07, 6.45) is -3.80. The zero-order chi connectivity index (χ0) is 18.8. The summed E-state index contributed by atoms with van der Waals surface area (Å²) in [4.78, 5) is 17.4. The number of ether oxygens (including phenoxy) is 2. The lowest BCUT2D eigenvalue weighted by molar-refractivity contribution is -0.402. The van der Waals surface area contributed by atoms with E-state index in [1.165, 1.54) is 6.07 Å². The molecule has 0 amide bonds. The molecule has 13 nitrogen and oxygen atoms in total. The van der Waals surface area contributed by atoms with Crippen molar-refractivity contribution in [1.29, 1.82) is 5.41 Å².